The number of nitrogens with one attached hydrogen (secondary N) is 1. The quantitative estimate of drug-likeness (QED) is 0.865. The normalized spacial score (nSPS) is 25.1. The van der Waals surface area contributed by atoms with Crippen LogP contribution in [0, 0.1) is 11.8 Å². The third-order valence-electron chi connectivity index (χ3n) is 4.85. The molecule has 1 saturated carbocycles. The van der Waals surface area contributed by atoms with Gasteiger partial charge in [-0.25, -0.2) is 0 Å². The van der Waals surface area contributed by atoms with E-state index in [1.165, 1.54) is 30.8 Å². The van der Waals surface area contributed by atoms with Crippen LogP contribution in [0.15, 0.2) is 30.3 Å². The van der Waals surface area contributed by atoms with Crippen LogP contribution in [-0.4, -0.2) is 10.4 Å². The summed E-state index contributed by atoms with van der Waals surface area (Å²) in [6, 6.07) is 10.8. The third-order valence-corrected chi connectivity index (χ3v) is 5.64. The van der Waals surface area contributed by atoms with Crippen LogP contribution in [0.1, 0.15) is 33.1 Å². The summed E-state index contributed by atoms with van der Waals surface area (Å²) in [6.07, 6.45) is 3.84. The number of nitrogens with two attached hydrogens (primary N) is 1. The molecule has 3 nitrogen and oxygen atoms in total. The van der Waals surface area contributed by atoms with Crippen LogP contribution >= 0.6 is 11.5 Å². The van der Waals surface area contributed by atoms with Gasteiger partial charge in [0.1, 0.15) is 10.8 Å². The minimum atomic E-state index is 0.539. The Hall–Kier alpha value is -1.55. The Morgan fingerprint density at radius 2 is 2.05 bits per heavy atom. The Labute approximate surface area is 130 Å². The van der Waals surface area contributed by atoms with Gasteiger partial charge in [0.25, 0.3) is 0 Å². The summed E-state index contributed by atoms with van der Waals surface area (Å²) in [5.41, 5.74) is 8.30. The van der Waals surface area contributed by atoms with E-state index in [-0.39, 0.29) is 0 Å². The highest BCUT2D eigenvalue weighted by Crippen LogP contribution is 2.41. The van der Waals surface area contributed by atoms with Crippen molar-refractivity contribution >= 4 is 22.4 Å². The fraction of sp³-hybridized carbons (Fsp3) is 0.471. The van der Waals surface area contributed by atoms with E-state index < -0.39 is 0 Å². The van der Waals surface area contributed by atoms with Gasteiger partial charge in [0.05, 0.1) is 5.56 Å². The highest BCUT2D eigenvalue weighted by molar-refractivity contribution is 7.11. The van der Waals surface area contributed by atoms with Crippen molar-refractivity contribution in [3.05, 3.63) is 30.3 Å². The highest BCUT2D eigenvalue weighted by atomic mass is 32.1. The lowest BCUT2D eigenvalue weighted by molar-refractivity contribution is 0.392. The predicted molar refractivity (Wildman–Crippen MR) is 91.6 cm³/mol. The molecule has 4 heteroatoms. The van der Waals surface area contributed by atoms with Gasteiger partial charge in [0.2, 0.25) is 0 Å². The van der Waals surface area contributed by atoms with Crippen LogP contribution in [0.5, 0.6) is 0 Å². The van der Waals surface area contributed by atoms with Gasteiger partial charge in [-0.15, -0.1) is 0 Å². The molecular formula is C17H23N3S. The molecular weight excluding hydrogens is 278 g/mol. The van der Waals surface area contributed by atoms with Crippen LogP contribution in [0.3, 0.4) is 0 Å². The maximum atomic E-state index is 6.10. The minimum absolute atomic E-state index is 0.539. The smallest absolute Gasteiger partial charge is 0.147 e. The van der Waals surface area contributed by atoms with Crippen molar-refractivity contribution in [1.82, 2.24) is 4.37 Å². The van der Waals surface area contributed by atoms with Crippen LogP contribution < -0.4 is 11.1 Å². The fourth-order valence-corrected chi connectivity index (χ4v) is 4.28. The zero-order valence-corrected chi connectivity index (χ0v) is 13.5. The highest BCUT2D eigenvalue weighted by Gasteiger charge is 2.32. The van der Waals surface area contributed by atoms with Crippen LogP contribution in [0.2, 0.25) is 0 Å². The number of nitrogen functional groups attached to an aromatic ring is 1. The lowest BCUT2D eigenvalue weighted by atomic mass is 9.93. The summed E-state index contributed by atoms with van der Waals surface area (Å²) in [6.45, 7) is 4.66. The van der Waals surface area contributed by atoms with E-state index in [4.69, 9.17) is 5.73 Å². The summed E-state index contributed by atoms with van der Waals surface area (Å²) >= 11 is 1.48. The molecule has 1 aliphatic rings. The summed E-state index contributed by atoms with van der Waals surface area (Å²) < 4.78 is 4.36. The second-order valence-electron chi connectivity index (χ2n) is 5.99. The number of hydrogen-bond acceptors (Lipinski definition) is 4. The van der Waals surface area contributed by atoms with E-state index in [9.17, 15) is 0 Å². The second-order valence-corrected chi connectivity index (χ2v) is 6.77. The molecule has 3 atom stereocenters. The number of aromatic nitrogens is 1. The summed E-state index contributed by atoms with van der Waals surface area (Å²) in [5.74, 6) is 2.18. The van der Waals surface area contributed by atoms with E-state index in [1.54, 1.807) is 0 Å². The van der Waals surface area contributed by atoms with Gasteiger partial charge in [-0.3, -0.25) is 0 Å². The molecule has 1 fully saturated rings. The van der Waals surface area contributed by atoms with Gasteiger partial charge in [0.15, 0.2) is 0 Å². The van der Waals surface area contributed by atoms with E-state index in [2.05, 4.69) is 35.7 Å². The number of benzene rings is 1. The topological polar surface area (TPSA) is 50.9 Å². The Balaban J connectivity index is 1.85. The molecule has 0 aliphatic heterocycles. The molecule has 21 heavy (non-hydrogen) atoms. The van der Waals surface area contributed by atoms with Gasteiger partial charge < -0.3 is 11.1 Å². The predicted octanol–water partition coefficient (Wildman–Crippen LogP) is 4.63. The van der Waals surface area contributed by atoms with Crippen molar-refractivity contribution < 1.29 is 0 Å². The van der Waals surface area contributed by atoms with Crippen molar-refractivity contribution in [3.8, 4) is 11.1 Å². The second kappa shape index (κ2) is 6.06. The molecule has 0 bridgehead atoms. The number of rotatable bonds is 4. The summed E-state index contributed by atoms with van der Waals surface area (Å²) in [4.78, 5) is 0. The molecule has 1 heterocycles. The number of nitrogens with zero attached hydrogens (tertiary/aromatic N) is 1. The molecule has 3 unspecified atom stereocenters. The Morgan fingerprint density at radius 3 is 2.71 bits per heavy atom. The maximum Gasteiger partial charge on any atom is 0.147 e. The van der Waals surface area contributed by atoms with Gasteiger partial charge >= 0.3 is 0 Å². The van der Waals surface area contributed by atoms with E-state index >= 15 is 0 Å². The van der Waals surface area contributed by atoms with Crippen molar-refractivity contribution in [2.75, 3.05) is 11.1 Å². The number of anilines is 2. The van der Waals surface area contributed by atoms with Crippen molar-refractivity contribution in [3.63, 3.8) is 0 Å². The molecule has 0 saturated heterocycles. The molecule has 2 aromatic rings. The lowest BCUT2D eigenvalue weighted by Gasteiger charge is -2.21. The first kappa shape index (κ1) is 14.4. The monoisotopic (exact) mass is 301 g/mol. The first-order chi connectivity index (χ1) is 10.2. The zero-order valence-electron chi connectivity index (χ0n) is 12.7. The Kier molecular flexibility index (Phi) is 4.15. The van der Waals surface area contributed by atoms with Crippen LogP contribution in [-0.2, 0) is 0 Å². The number of hydrogen-bond donors (Lipinski definition) is 2. The van der Waals surface area contributed by atoms with Gasteiger partial charge in [0, 0.05) is 6.04 Å². The Morgan fingerprint density at radius 1 is 1.29 bits per heavy atom. The Bertz CT molecular complexity index is 593. The van der Waals surface area contributed by atoms with Gasteiger partial charge in [-0.05, 0) is 41.8 Å². The van der Waals surface area contributed by atoms with E-state index in [0.29, 0.717) is 17.8 Å². The zero-order chi connectivity index (χ0) is 14.8. The molecule has 1 aliphatic carbocycles. The van der Waals surface area contributed by atoms with E-state index in [0.717, 1.165) is 22.0 Å². The van der Waals surface area contributed by atoms with Gasteiger partial charge in [-0.1, -0.05) is 50.6 Å². The first-order valence-corrected chi connectivity index (χ1v) is 8.55. The SMILES string of the molecule is CCC1CCC(Nc2snc(N)c2-c2ccccc2)C1C. The minimum Gasteiger partial charge on any atom is -0.382 e. The van der Waals surface area contributed by atoms with Crippen molar-refractivity contribution in [1.29, 1.82) is 0 Å². The van der Waals surface area contributed by atoms with Crippen LogP contribution in [0.25, 0.3) is 11.1 Å². The summed E-state index contributed by atoms with van der Waals surface area (Å²) in [5, 5.41) is 4.84. The largest absolute Gasteiger partial charge is 0.382 e. The van der Waals surface area contributed by atoms with Gasteiger partial charge in [-0.2, -0.15) is 4.37 Å². The molecule has 0 amide bonds. The fourth-order valence-electron chi connectivity index (χ4n) is 3.48. The standard InChI is InChI=1S/C17H23N3S/c1-3-12-9-10-14(11(12)2)19-17-15(16(18)20-21-17)13-7-5-4-6-8-13/h4-8,11-12,14,19H,3,9-10H2,1-2H3,(H2,18,20). The molecule has 0 radical (unpaired) electrons. The molecule has 1 aromatic carbocycles. The first-order valence-electron chi connectivity index (χ1n) is 7.77. The molecule has 1 aromatic heterocycles. The third kappa shape index (κ3) is 2.77. The molecule has 0 spiro atoms. The van der Waals surface area contributed by atoms with Crippen LogP contribution in [0.4, 0.5) is 10.8 Å². The average Bonchev–Trinajstić information content (AvgIpc) is 3.04. The molecule has 3 N–H and O–H groups in total. The van der Waals surface area contributed by atoms with E-state index in [1.807, 2.05) is 18.2 Å². The average molecular weight is 301 g/mol. The van der Waals surface area contributed by atoms with Crippen molar-refractivity contribution in [2.45, 2.75) is 39.2 Å². The van der Waals surface area contributed by atoms with Crippen molar-refractivity contribution in [2.24, 2.45) is 11.8 Å². The maximum absolute atomic E-state index is 6.10. The lowest BCUT2D eigenvalue weighted by Crippen LogP contribution is -2.24. The molecule has 112 valence electrons. The molecule has 3 rings (SSSR count). The summed E-state index contributed by atoms with van der Waals surface area (Å²) in [7, 11) is 0.